The minimum atomic E-state index is -4.00. The van der Waals surface area contributed by atoms with Gasteiger partial charge in [-0.25, -0.2) is 0 Å². The molecule has 8 nitrogen and oxygen atoms in total. The van der Waals surface area contributed by atoms with Crippen LogP contribution in [0.25, 0.3) is 22.5 Å². The van der Waals surface area contributed by atoms with Gasteiger partial charge in [-0.3, -0.25) is 10.1 Å². The van der Waals surface area contributed by atoms with Gasteiger partial charge in [0.15, 0.2) is 5.76 Å². The van der Waals surface area contributed by atoms with Crippen molar-refractivity contribution in [2.24, 2.45) is 5.10 Å². The predicted octanol–water partition coefficient (Wildman–Crippen LogP) is 6.45. The average molecular weight is 530 g/mol. The molecular formula is C24H17Cl2N3O5S. The summed E-state index contributed by atoms with van der Waals surface area (Å²) in [6.45, 7) is 1.82. The lowest BCUT2D eigenvalue weighted by Crippen LogP contribution is -2.18. The minimum Gasteiger partial charge on any atom is -0.447 e. The van der Waals surface area contributed by atoms with Crippen LogP contribution in [-0.4, -0.2) is 19.6 Å². The molecule has 0 amide bonds. The van der Waals surface area contributed by atoms with Gasteiger partial charge < -0.3 is 4.42 Å². The highest BCUT2D eigenvalue weighted by Gasteiger charge is 2.32. The van der Waals surface area contributed by atoms with Gasteiger partial charge >= 0.3 is 5.69 Å². The quantitative estimate of drug-likeness (QED) is 0.168. The second-order valence-corrected chi connectivity index (χ2v) is 9.88. The van der Waals surface area contributed by atoms with Crippen LogP contribution >= 0.6 is 23.2 Å². The van der Waals surface area contributed by atoms with Gasteiger partial charge in [0.2, 0.25) is 5.76 Å². The molecule has 1 aromatic heterocycles. The fraction of sp³-hybridized carbons (Fsp3) is 0.0417. The first-order chi connectivity index (χ1) is 16.7. The Morgan fingerprint density at radius 1 is 0.943 bits per heavy atom. The van der Waals surface area contributed by atoms with Gasteiger partial charge in [0.1, 0.15) is 5.56 Å². The summed E-state index contributed by atoms with van der Waals surface area (Å²) in [5, 5.41) is 16.4. The number of halogens is 2. The first-order valence-electron chi connectivity index (χ1n) is 10.1. The van der Waals surface area contributed by atoms with Crippen LogP contribution in [0.3, 0.4) is 0 Å². The molecule has 0 bridgehead atoms. The van der Waals surface area contributed by atoms with Gasteiger partial charge in [0.25, 0.3) is 10.0 Å². The van der Waals surface area contributed by atoms with Crippen LogP contribution in [0, 0.1) is 17.0 Å². The van der Waals surface area contributed by atoms with Crippen molar-refractivity contribution in [3.63, 3.8) is 0 Å². The second kappa shape index (κ2) is 9.91. The van der Waals surface area contributed by atoms with E-state index in [2.05, 4.69) is 5.10 Å². The molecule has 0 fully saturated rings. The fourth-order valence-corrected chi connectivity index (χ4v) is 4.63. The Kier molecular flexibility index (Phi) is 6.93. The van der Waals surface area contributed by atoms with Gasteiger partial charge in [-0.1, -0.05) is 71.2 Å². The van der Waals surface area contributed by atoms with E-state index >= 15 is 0 Å². The molecule has 3 aromatic carbocycles. The normalized spacial score (nSPS) is 11.6. The maximum atomic E-state index is 12.5. The van der Waals surface area contributed by atoms with Crippen molar-refractivity contribution in [2.75, 3.05) is 0 Å². The molecule has 4 rings (SSSR count). The molecule has 0 atom stereocenters. The number of sulfonamides is 1. The van der Waals surface area contributed by atoms with Crippen molar-refractivity contribution in [3.8, 4) is 22.5 Å². The zero-order chi connectivity index (χ0) is 25.2. The third kappa shape index (κ3) is 5.07. The van der Waals surface area contributed by atoms with Crippen molar-refractivity contribution in [3.05, 3.63) is 104 Å². The van der Waals surface area contributed by atoms with E-state index in [0.717, 1.165) is 11.8 Å². The number of furan rings is 1. The lowest BCUT2D eigenvalue weighted by molar-refractivity contribution is -0.384. The molecule has 35 heavy (non-hydrogen) atoms. The number of hydrogen-bond donors (Lipinski definition) is 1. The number of rotatable bonds is 7. The first kappa shape index (κ1) is 24.5. The molecule has 1 N–H and O–H groups in total. The first-order valence-corrected chi connectivity index (χ1v) is 12.4. The maximum Gasteiger partial charge on any atom is 0.324 e. The fourth-order valence-electron chi connectivity index (χ4n) is 3.38. The van der Waals surface area contributed by atoms with Crippen LogP contribution < -0.4 is 4.83 Å². The SMILES string of the molecule is Cc1ccc(S(=O)(=O)N/N=C/c2oc(-c3ccccc3Cl)c(-c3ccccc3Cl)c2[N+](=O)[O-])cc1. The topological polar surface area (TPSA) is 115 Å². The number of hydrogen-bond acceptors (Lipinski definition) is 6. The van der Waals surface area contributed by atoms with E-state index in [1.54, 1.807) is 60.7 Å². The largest absolute Gasteiger partial charge is 0.447 e. The van der Waals surface area contributed by atoms with Gasteiger partial charge in [-0.2, -0.15) is 18.4 Å². The van der Waals surface area contributed by atoms with Crippen LogP contribution in [0.1, 0.15) is 11.3 Å². The Morgan fingerprint density at radius 2 is 1.51 bits per heavy atom. The molecule has 1 heterocycles. The number of nitrogens with zero attached hydrogens (tertiary/aromatic N) is 2. The summed E-state index contributed by atoms with van der Waals surface area (Å²) in [6.07, 6.45) is 0.935. The summed E-state index contributed by atoms with van der Waals surface area (Å²) in [6, 6.07) is 19.4. The molecule has 0 saturated heterocycles. The molecular weight excluding hydrogens is 513 g/mol. The Morgan fingerprint density at radius 3 is 2.09 bits per heavy atom. The van der Waals surface area contributed by atoms with E-state index in [9.17, 15) is 18.5 Å². The lowest BCUT2D eigenvalue weighted by Gasteiger charge is -2.06. The second-order valence-electron chi connectivity index (χ2n) is 7.40. The highest BCUT2D eigenvalue weighted by Crippen LogP contribution is 2.47. The summed E-state index contributed by atoms with van der Waals surface area (Å²) < 4.78 is 30.9. The Bertz CT molecular complexity index is 1550. The third-order valence-corrected chi connectivity index (χ3v) is 6.94. The Balaban J connectivity index is 1.84. The van der Waals surface area contributed by atoms with E-state index in [4.69, 9.17) is 27.6 Å². The van der Waals surface area contributed by atoms with Crippen LogP contribution in [0.15, 0.2) is 87.2 Å². The molecule has 0 saturated carbocycles. The summed E-state index contributed by atoms with van der Waals surface area (Å²) in [4.78, 5) is 13.5. The van der Waals surface area contributed by atoms with E-state index < -0.39 is 20.6 Å². The monoisotopic (exact) mass is 529 g/mol. The van der Waals surface area contributed by atoms with Crippen LogP contribution in [0.5, 0.6) is 0 Å². The number of hydrazone groups is 1. The van der Waals surface area contributed by atoms with Crippen molar-refractivity contribution in [1.29, 1.82) is 0 Å². The van der Waals surface area contributed by atoms with Crippen molar-refractivity contribution in [2.45, 2.75) is 11.8 Å². The standard InChI is InChI=1S/C24H17Cl2N3O5S/c1-15-10-12-16(13-11-15)35(32,33)28-27-14-21-23(29(30)31)22(17-6-2-4-8-19(17)25)24(34-21)18-7-3-5-9-20(18)26/h2-14,28H,1H3/b27-14+. The van der Waals surface area contributed by atoms with Crippen molar-refractivity contribution in [1.82, 2.24) is 4.83 Å². The van der Waals surface area contributed by atoms with Crippen LogP contribution in [0.4, 0.5) is 5.69 Å². The van der Waals surface area contributed by atoms with E-state index in [-0.39, 0.29) is 27.0 Å². The molecule has 11 heteroatoms. The number of benzene rings is 3. The zero-order valence-electron chi connectivity index (χ0n) is 18.1. The Hall–Kier alpha value is -3.66. The molecule has 0 aliphatic carbocycles. The van der Waals surface area contributed by atoms with Gasteiger partial charge in [-0.15, -0.1) is 0 Å². The smallest absolute Gasteiger partial charge is 0.324 e. The van der Waals surface area contributed by atoms with Crippen LogP contribution in [0.2, 0.25) is 10.0 Å². The number of nitrogens with one attached hydrogen (secondary N) is 1. The third-order valence-electron chi connectivity index (χ3n) is 5.04. The van der Waals surface area contributed by atoms with Crippen LogP contribution in [-0.2, 0) is 10.0 Å². The number of aryl methyl sites for hydroxylation is 1. The molecule has 0 spiro atoms. The van der Waals surface area contributed by atoms with Crippen molar-refractivity contribution < 1.29 is 17.8 Å². The van der Waals surface area contributed by atoms with Gasteiger partial charge in [0, 0.05) is 16.1 Å². The van der Waals surface area contributed by atoms with E-state index in [1.165, 1.54) is 12.1 Å². The van der Waals surface area contributed by atoms with Gasteiger partial charge in [-0.05, 0) is 37.3 Å². The maximum absolute atomic E-state index is 12.5. The highest BCUT2D eigenvalue weighted by atomic mass is 35.5. The molecule has 178 valence electrons. The lowest BCUT2D eigenvalue weighted by atomic mass is 10.00. The molecule has 0 aliphatic rings. The summed E-state index contributed by atoms with van der Waals surface area (Å²) in [7, 11) is -4.00. The number of nitro groups is 1. The zero-order valence-corrected chi connectivity index (χ0v) is 20.4. The molecule has 4 aromatic rings. The molecule has 0 aliphatic heterocycles. The van der Waals surface area contributed by atoms with Crippen molar-refractivity contribution >= 4 is 45.1 Å². The summed E-state index contributed by atoms with van der Waals surface area (Å²) in [5.74, 6) is -0.190. The summed E-state index contributed by atoms with van der Waals surface area (Å²) >= 11 is 12.7. The average Bonchev–Trinajstić information content (AvgIpc) is 3.19. The van der Waals surface area contributed by atoms with E-state index in [1.807, 2.05) is 11.8 Å². The molecule has 0 unspecified atom stereocenters. The predicted molar refractivity (Wildman–Crippen MR) is 135 cm³/mol. The summed E-state index contributed by atoms with van der Waals surface area (Å²) in [5.41, 5.74) is 1.28. The minimum absolute atomic E-state index is 0.0114. The van der Waals surface area contributed by atoms with Gasteiger partial charge in [0.05, 0.1) is 21.1 Å². The highest BCUT2D eigenvalue weighted by molar-refractivity contribution is 7.89. The van der Waals surface area contributed by atoms with E-state index in [0.29, 0.717) is 16.1 Å². The molecule has 0 radical (unpaired) electrons. The Labute approximate surface area is 211 Å².